The first kappa shape index (κ1) is 13.7. The van der Waals surface area contributed by atoms with Crippen LogP contribution in [0, 0.1) is 0 Å². The first-order chi connectivity index (χ1) is 8.24. The molecule has 94 valence electrons. The molecule has 3 heteroatoms. The van der Waals surface area contributed by atoms with Gasteiger partial charge in [-0.05, 0) is 6.42 Å². The minimum atomic E-state index is -1.02. The van der Waals surface area contributed by atoms with Crippen LogP contribution in [0.2, 0.25) is 0 Å². The summed E-state index contributed by atoms with van der Waals surface area (Å²) in [6.45, 7) is 3.09. The van der Waals surface area contributed by atoms with E-state index in [1.807, 2.05) is 29.0 Å². The summed E-state index contributed by atoms with van der Waals surface area (Å²) in [6.07, 6.45) is 8.04. The van der Waals surface area contributed by atoms with Crippen LogP contribution >= 0.6 is 0 Å². The van der Waals surface area contributed by atoms with Crippen LogP contribution in [0.15, 0.2) is 24.4 Å². The number of hydrogen-bond donors (Lipinski definition) is 0. The van der Waals surface area contributed by atoms with Gasteiger partial charge in [-0.3, -0.25) is 0 Å². The molecule has 0 radical (unpaired) electrons. The Kier molecular flexibility index (Phi) is 6.30. The summed E-state index contributed by atoms with van der Waals surface area (Å²) in [5, 5.41) is 10.6. The highest BCUT2D eigenvalue weighted by Gasteiger charge is 2.08. The Morgan fingerprint density at radius 2 is 2.00 bits per heavy atom. The highest BCUT2D eigenvalue weighted by molar-refractivity contribution is 5.66. The fourth-order valence-corrected chi connectivity index (χ4v) is 1.92. The van der Waals surface area contributed by atoms with Gasteiger partial charge >= 0.3 is 0 Å². The van der Waals surface area contributed by atoms with E-state index >= 15 is 0 Å². The first-order valence-corrected chi connectivity index (χ1v) is 6.41. The second kappa shape index (κ2) is 7.82. The van der Waals surface area contributed by atoms with Gasteiger partial charge in [0.2, 0.25) is 0 Å². The SMILES string of the molecule is CCCCCCC[n+]1ccccc1CC(=O)[O-]. The van der Waals surface area contributed by atoms with Crippen molar-refractivity contribution in [1.82, 2.24) is 0 Å². The predicted molar refractivity (Wildman–Crippen MR) is 64.1 cm³/mol. The van der Waals surface area contributed by atoms with Crippen molar-refractivity contribution < 1.29 is 14.5 Å². The van der Waals surface area contributed by atoms with Crippen LogP contribution in [0.3, 0.4) is 0 Å². The zero-order valence-corrected chi connectivity index (χ0v) is 10.5. The van der Waals surface area contributed by atoms with Gasteiger partial charge in [-0.15, -0.1) is 0 Å². The molecular weight excluding hydrogens is 214 g/mol. The van der Waals surface area contributed by atoms with Gasteiger partial charge in [-0.2, -0.15) is 0 Å². The van der Waals surface area contributed by atoms with Gasteiger partial charge < -0.3 is 9.90 Å². The van der Waals surface area contributed by atoms with Crippen LogP contribution < -0.4 is 9.67 Å². The molecule has 0 amide bonds. The smallest absolute Gasteiger partial charge is 0.186 e. The summed E-state index contributed by atoms with van der Waals surface area (Å²) in [5.74, 6) is -1.02. The van der Waals surface area contributed by atoms with E-state index in [1.54, 1.807) is 0 Å². The number of nitrogens with zero attached hydrogens (tertiary/aromatic N) is 1. The van der Waals surface area contributed by atoms with Crippen LogP contribution in [0.5, 0.6) is 0 Å². The van der Waals surface area contributed by atoms with Crippen LogP contribution in [0.4, 0.5) is 0 Å². The number of aliphatic carboxylic acids is 1. The number of hydrogen-bond acceptors (Lipinski definition) is 2. The van der Waals surface area contributed by atoms with E-state index in [0.29, 0.717) is 0 Å². The molecule has 1 aromatic heterocycles. The number of carboxylic acids is 1. The second-order valence-corrected chi connectivity index (χ2v) is 4.35. The van der Waals surface area contributed by atoms with Crippen molar-refractivity contribution in [1.29, 1.82) is 0 Å². The molecule has 0 aliphatic heterocycles. The van der Waals surface area contributed by atoms with Crippen molar-refractivity contribution in [3.05, 3.63) is 30.1 Å². The molecule has 1 heterocycles. The van der Waals surface area contributed by atoms with Gasteiger partial charge in [-0.1, -0.05) is 32.3 Å². The van der Waals surface area contributed by atoms with E-state index in [1.165, 1.54) is 25.7 Å². The average molecular weight is 235 g/mol. The number of aryl methyl sites for hydroxylation is 1. The van der Waals surface area contributed by atoms with E-state index in [9.17, 15) is 9.90 Å². The van der Waals surface area contributed by atoms with Crippen LogP contribution in [0.25, 0.3) is 0 Å². The fourth-order valence-electron chi connectivity index (χ4n) is 1.92. The van der Waals surface area contributed by atoms with Gasteiger partial charge in [0.05, 0.1) is 12.4 Å². The lowest BCUT2D eigenvalue weighted by Gasteiger charge is -2.04. The molecule has 0 saturated heterocycles. The summed E-state index contributed by atoms with van der Waals surface area (Å²) in [5.41, 5.74) is 0.822. The number of carbonyl (C=O) groups excluding carboxylic acids is 1. The summed E-state index contributed by atoms with van der Waals surface area (Å²) in [6, 6.07) is 5.65. The lowest BCUT2D eigenvalue weighted by Crippen LogP contribution is -2.40. The minimum Gasteiger partial charge on any atom is -0.550 e. The Balaban J connectivity index is 2.43. The van der Waals surface area contributed by atoms with Gasteiger partial charge in [0.25, 0.3) is 0 Å². The molecule has 1 aromatic rings. The molecule has 0 spiro atoms. The topological polar surface area (TPSA) is 44.0 Å². The summed E-state index contributed by atoms with van der Waals surface area (Å²) < 4.78 is 2.02. The van der Waals surface area contributed by atoms with Crippen molar-refractivity contribution in [3.63, 3.8) is 0 Å². The number of unbranched alkanes of at least 4 members (excludes halogenated alkanes) is 4. The Morgan fingerprint density at radius 1 is 1.24 bits per heavy atom. The molecule has 0 fully saturated rings. The van der Waals surface area contributed by atoms with E-state index in [-0.39, 0.29) is 6.42 Å². The number of carbonyl (C=O) groups is 1. The third-order valence-electron chi connectivity index (χ3n) is 2.86. The van der Waals surface area contributed by atoms with Gasteiger partial charge in [0.1, 0.15) is 6.54 Å². The average Bonchev–Trinajstić information content (AvgIpc) is 2.30. The standard InChI is InChI=1S/C14H21NO2/c1-2-3-4-5-7-10-15-11-8-6-9-13(15)12-14(16)17/h6,8-9,11H,2-5,7,10,12H2,1H3. The van der Waals surface area contributed by atoms with E-state index in [0.717, 1.165) is 18.7 Å². The molecule has 17 heavy (non-hydrogen) atoms. The Labute approximate surface area is 103 Å². The Hall–Kier alpha value is -1.38. The van der Waals surface area contributed by atoms with Crippen molar-refractivity contribution in [3.8, 4) is 0 Å². The third-order valence-corrected chi connectivity index (χ3v) is 2.86. The lowest BCUT2D eigenvalue weighted by atomic mass is 10.1. The predicted octanol–water partition coefficient (Wildman–Crippen LogP) is 1.24. The highest BCUT2D eigenvalue weighted by atomic mass is 16.4. The number of rotatable bonds is 8. The molecular formula is C14H21NO2. The van der Waals surface area contributed by atoms with Gasteiger partial charge in [0, 0.05) is 18.6 Å². The van der Waals surface area contributed by atoms with Crippen molar-refractivity contribution >= 4 is 5.97 Å². The summed E-state index contributed by atoms with van der Waals surface area (Å²) >= 11 is 0. The zero-order chi connectivity index (χ0) is 12.5. The lowest BCUT2D eigenvalue weighted by molar-refractivity contribution is -0.704. The fraction of sp³-hybridized carbons (Fsp3) is 0.571. The van der Waals surface area contributed by atoms with Crippen molar-refractivity contribution in [2.24, 2.45) is 0 Å². The highest BCUT2D eigenvalue weighted by Crippen LogP contribution is 2.02. The second-order valence-electron chi connectivity index (χ2n) is 4.35. The van der Waals surface area contributed by atoms with Crippen LogP contribution in [-0.2, 0) is 17.8 Å². The maximum absolute atomic E-state index is 10.6. The molecule has 0 atom stereocenters. The summed E-state index contributed by atoms with van der Waals surface area (Å²) in [7, 11) is 0. The minimum absolute atomic E-state index is 0.00417. The Morgan fingerprint density at radius 3 is 2.71 bits per heavy atom. The quantitative estimate of drug-likeness (QED) is 0.502. The van der Waals surface area contributed by atoms with Gasteiger partial charge in [0.15, 0.2) is 11.9 Å². The molecule has 0 bridgehead atoms. The van der Waals surface area contributed by atoms with Gasteiger partial charge in [-0.25, -0.2) is 4.57 Å². The molecule has 3 nitrogen and oxygen atoms in total. The monoisotopic (exact) mass is 235 g/mol. The molecule has 0 aromatic carbocycles. The van der Waals surface area contributed by atoms with E-state index < -0.39 is 5.97 Å². The number of carboxylic acid groups (broad SMARTS) is 1. The normalized spacial score (nSPS) is 10.4. The molecule has 0 saturated carbocycles. The van der Waals surface area contributed by atoms with Crippen molar-refractivity contribution in [2.75, 3.05) is 0 Å². The molecule has 0 unspecified atom stereocenters. The maximum atomic E-state index is 10.6. The largest absolute Gasteiger partial charge is 0.550 e. The molecule has 0 N–H and O–H groups in total. The van der Waals surface area contributed by atoms with Crippen LogP contribution in [-0.4, -0.2) is 5.97 Å². The maximum Gasteiger partial charge on any atom is 0.186 e. The van der Waals surface area contributed by atoms with Crippen LogP contribution in [0.1, 0.15) is 44.7 Å². The van der Waals surface area contributed by atoms with E-state index in [4.69, 9.17) is 0 Å². The summed E-state index contributed by atoms with van der Waals surface area (Å²) in [4.78, 5) is 10.6. The number of pyridine rings is 1. The molecule has 0 aliphatic rings. The first-order valence-electron chi connectivity index (χ1n) is 6.41. The third kappa shape index (κ3) is 5.48. The molecule has 0 aliphatic carbocycles. The molecule has 1 rings (SSSR count). The number of aromatic nitrogens is 1. The Bertz CT molecular complexity index is 350. The van der Waals surface area contributed by atoms with E-state index in [2.05, 4.69) is 6.92 Å². The van der Waals surface area contributed by atoms with Crippen molar-refractivity contribution in [2.45, 2.75) is 52.0 Å². The zero-order valence-electron chi connectivity index (χ0n) is 10.5.